The molecule has 0 bridgehead atoms. The van der Waals surface area contributed by atoms with Gasteiger partial charge in [0.1, 0.15) is 0 Å². The molecule has 0 radical (unpaired) electrons. The topological polar surface area (TPSA) is 84.9 Å². The summed E-state index contributed by atoms with van der Waals surface area (Å²) < 4.78 is 38.1. The predicted molar refractivity (Wildman–Crippen MR) is 109 cm³/mol. The quantitative estimate of drug-likeness (QED) is 0.693. The third kappa shape index (κ3) is 5.63. The molecule has 1 aliphatic heterocycles. The van der Waals surface area contributed by atoms with Crippen molar-refractivity contribution in [3.63, 3.8) is 0 Å². The van der Waals surface area contributed by atoms with Crippen molar-refractivity contribution >= 4 is 16.0 Å². The van der Waals surface area contributed by atoms with Crippen molar-refractivity contribution in [2.75, 3.05) is 33.4 Å². The molecule has 0 spiro atoms. The van der Waals surface area contributed by atoms with E-state index in [9.17, 15) is 13.2 Å². The summed E-state index contributed by atoms with van der Waals surface area (Å²) in [6, 6.07) is 12.3. The normalized spacial score (nSPS) is 15.2. The second-order valence-electron chi connectivity index (χ2n) is 7.00. The van der Waals surface area contributed by atoms with Gasteiger partial charge in [-0.25, -0.2) is 17.9 Å². The maximum atomic E-state index is 12.7. The van der Waals surface area contributed by atoms with Gasteiger partial charge in [-0.2, -0.15) is 0 Å². The number of rotatable bonds is 7. The Kier molecular flexibility index (Phi) is 7.02. The molecule has 2 aromatic rings. The molecule has 0 unspecified atom stereocenters. The summed E-state index contributed by atoms with van der Waals surface area (Å²) in [6.45, 7) is 5.98. The number of benzene rings is 2. The Labute approximate surface area is 171 Å². The zero-order valence-corrected chi connectivity index (χ0v) is 17.5. The maximum absolute atomic E-state index is 12.7. The first kappa shape index (κ1) is 21.4. The Morgan fingerprint density at radius 2 is 1.86 bits per heavy atom. The number of nitrogens with one attached hydrogen (secondary N) is 1. The highest BCUT2D eigenvalue weighted by Crippen LogP contribution is 2.17. The molecule has 29 heavy (non-hydrogen) atoms. The number of ether oxygens (including phenoxy) is 2. The first-order valence-corrected chi connectivity index (χ1v) is 10.9. The summed E-state index contributed by atoms with van der Waals surface area (Å²) in [5.41, 5.74) is 2.90. The summed E-state index contributed by atoms with van der Waals surface area (Å²) >= 11 is 0. The summed E-state index contributed by atoms with van der Waals surface area (Å²) in [6.07, 6.45) is 0. The molecule has 0 saturated carbocycles. The lowest BCUT2D eigenvalue weighted by atomic mass is 10.1. The second kappa shape index (κ2) is 9.49. The van der Waals surface area contributed by atoms with E-state index in [1.165, 1.54) is 19.2 Å². The van der Waals surface area contributed by atoms with Crippen LogP contribution in [0.2, 0.25) is 0 Å². The third-order valence-electron chi connectivity index (χ3n) is 4.89. The van der Waals surface area contributed by atoms with Crippen molar-refractivity contribution in [2.45, 2.75) is 24.9 Å². The van der Waals surface area contributed by atoms with Crippen LogP contribution in [0.5, 0.6) is 0 Å². The zero-order chi connectivity index (χ0) is 20.9. The van der Waals surface area contributed by atoms with Crippen molar-refractivity contribution in [2.24, 2.45) is 0 Å². The van der Waals surface area contributed by atoms with Gasteiger partial charge >= 0.3 is 5.97 Å². The van der Waals surface area contributed by atoms with E-state index in [0.29, 0.717) is 5.56 Å². The van der Waals surface area contributed by atoms with Crippen LogP contribution < -0.4 is 4.72 Å². The number of hydrogen-bond acceptors (Lipinski definition) is 6. The second-order valence-corrected chi connectivity index (χ2v) is 8.77. The predicted octanol–water partition coefficient (Wildman–Crippen LogP) is 2.09. The number of carbonyl (C=O) groups excluding carboxylic acids is 1. The van der Waals surface area contributed by atoms with Gasteiger partial charge in [-0.05, 0) is 35.7 Å². The van der Waals surface area contributed by atoms with E-state index in [4.69, 9.17) is 9.47 Å². The van der Waals surface area contributed by atoms with Crippen LogP contribution in [0.4, 0.5) is 0 Å². The van der Waals surface area contributed by atoms with E-state index in [1.54, 1.807) is 13.0 Å². The number of sulfonamides is 1. The zero-order valence-electron chi connectivity index (χ0n) is 16.7. The number of esters is 1. The van der Waals surface area contributed by atoms with Gasteiger partial charge in [0.2, 0.25) is 10.0 Å². The fourth-order valence-electron chi connectivity index (χ4n) is 3.22. The van der Waals surface area contributed by atoms with Gasteiger partial charge in [-0.15, -0.1) is 0 Å². The largest absolute Gasteiger partial charge is 0.465 e. The Balaban J connectivity index is 1.69. The van der Waals surface area contributed by atoms with Gasteiger partial charge < -0.3 is 9.47 Å². The lowest BCUT2D eigenvalue weighted by Gasteiger charge is -2.26. The van der Waals surface area contributed by atoms with E-state index in [-0.39, 0.29) is 17.0 Å². The van der Waals surface area contributed by atoms with E-state index in [2.05, 4.69) is 9.62 Å². The highest BCUT2D eigenvalue weighted by Gasteiger charge is 2.18. The maximum Gasteiger partial charge on any atom is 0.338 e. The van der Waals surface area contributed by atoms with Crippen LogP contribution in [0, 0.1) is 6.92 Å². The molecule has 0 atom stereocenters. The Morgan fingerprint density at radius 3 is 2.59 bits per heavy atom. The van der Waals surface area contributed by atoms with Crippen molar-refractivity contribution < 1.29 is 22.7 Å². The molecule has 1 N–H and O–H groups in total. The first-order chi connectivity index (χ1) is 13.9. The average Bonchev–Trinajstić information content (AvgIpc) is 2.73. The Morgan fingerprint density at radius 1 is 1.14 bits per heavy atom. The summed E-state index contributed by atoms with van der Waals surface area (Å²) in [5.74, 6) is -0.560. The van der Waals surface area contributed by atoms with Crippen molar-refractivity contribution in [1.82, 2.24) is 9.62 Å². The third-order valence-corrected chi connectivity index (χ3v) is 6.29. The SMILES string of the molecule is COC(=O)c1cc(S(=O)(=O)NCc2cccc(CN3CCOCC3)c2)ccc1C. The highest BCUT2D eigenvalue weighted by atomic mass is 32.2. The number of morpholine rings is 1. The van der Waals surface area contributed by atoms with Crippen LogP contribution in [0.1, 0.15) is 27.0 Å². The smallest absolute Gasteiger partial charge is 0.338 e. The molecule has 3 rings (SSSR count). The van der Waals surface area contributed by atoms with Crippen molar-refractivity contribution in [3.8, 4) is 0 Å². The fourth-order valence-corrected chi connectivity index (χ4v) is 4.26. The molecule has 7 nitrogen and oxygen atoms in total. The Hall–Kier alpha value is -2.26. The molecular formula is C21H26N2O5S. The van der Waals surface area contributed by atoms with Crippen LogP contribution in [-0.4, -0.2) is 52.7 Å². The number of methoxy groups -OCH3 is 1. The van der Waals surface area contributed by atoms with Crippen molar-refractivity contribution in [3.05, 3.63) is 64.7 Å². The van der Waals surface area contributed by atoms with Gasteiger partial charge in [-0.1, -0.05) is 30.3 Å². The van der Waals surface area contributed by atoms with E-state index in [0.717, 1.165) is 44.0 Å². The van der Waals surface area contributed by atoms with Crippen LogP contribution in [-0.2, 0) is 32.6 Å². The van der Waals surface area contributed by atoms with Crippen LogP contribution in [0.15, 0.2) is 47.4 Å². The van der Waals surface area contributed by atoms with Crippen molar-refractivity contribution in [1.29, 1.82) is 0 Å². The number of carbonyl (C=O) groups is 1. The van der Waals surface area contributed by atoms with Gasteiger partial charge in [0.05, 0.1) is 30.8 Å². The van der Waals surface area contributed by atoms with Gasteiger partial charge in [0.15, 0.2) is 0 Å². The molecular weight excluding hydrogens is 392 g/mol. The minimum absolute atomic E-state index is 0.0352. The number of hydrogen-bond donors (Lipinski definition) is 1. The summed E-state index contributed by atoms with van der Waals surface area (Å²) in [5, 5.41) is 0. The van der Waals surface area contributed by atoms with Crippen LogP contribution in [0.3, 0.4) is 0 Å². The van der Waals surface area contributed by atoms with Gasteiger partial charge in [0, 0.05) is 26.2 Å². The van der Waals surface area contributed by atoms with E-state index in [1.807, 2.05) is 24.3 Å². The van der Waals surface area contributed by atoms with E-state index < -0.39 is 16.0 Å². The lowest BCUT2D eigenvalue weighted by Crippen LogP contribution is -2.35. The van der Waals surface area contributed by atoms with E-state index >= 15 is 0 Å². The summed E-state index contributed by atoms with van der Waals surface area (Å²) in [7, 11) is -2.50. The molecule has 0 aromatic heterocycles. The van der Waals surface area contributed by atoms with Gasteiger partial charge in [0.25, 0.3) is 0 Å². The molecule has 1 fully saturated rings. The number of aryl methyl sites for hydroxylation is 1. The number of nitrogens with zero attached hydrogens (tertiary/aromatic N) is 1. The Bertz CT molecular complexity index is 969. The summed E-state index contributed by atoms with van der Waals surface area (Å²) in [4.78, 5) is 14.2. The average molecular weight is 419 g/mol. The van der Waals surface area contributed by atoms with Crippen LogP contribution in [0.25, 0.3) is 0 Å². The monoisotopic (exact) mass is 418 g/mol. The standard InChI is InChI=1S/C21H26N2O5S/c1-16-6-7-19(13-20(16)21(24)27-2)29(25,26)22-14-17-4-3-5-18(12-17)15-23-8-10-28-11-9-23/h3-7,12-13,22H,8-11,14-15H2,1-2H3. The van der Waals surface area contributed by atoms with Crippen LogP contribution >= 0.6 is 0 Å². The lowest BCUT2D eigenvalue weighted by molar-refractivity contribution is 0.0342. The highest BCUT2D eigenvalue weighted by molar-refractivity contribution is 7.89. The molecule has 156 valence electrons. The molecule has 1 heterocycles. The fraction of sp³-hybridized carbons (Fsp3) is 0.381. The minimum atomic E-state index is -3.76. The molecule has 8 heteroatoms. The molecule has 0 amide bonds. The van der Waals surface area contributed by atoms with Gasteiger partial charge in [-0.3, -0.25) is 4.90 Å². The molecule has 2 aromatic carbocycles. The molecule has 0 aliphatic carbocycles. The minimum Gasteiger partial charge on any atom is -0.465 e. The molecule has 1 aliphatic rings. The molecule has 1 saturated heterocycles. The first-order valence-electron chi connectivity index (χ1n) is 9.45.